The highest BCUT2D eigenvalue weighted by atomic mass is 16.1. The van der Waals surface area contributed by atoms with Gasteiger partial charge in [0.25, 0.3) is 0 Å². The van der Waals surface area contributed by atoms with Crippen LogP contribution in [0.3, 0.4) is 0 Å². The van der Waals surface area contributed by atoms with Crippen LogP contribution in [0.2, 0.25) is 0 Å². The first-order valence-electron chi connectivity index (χ1n) is 7.13. The predicted octanol–water partition coefficient (Wildman–Crippen LogP) is 1.92. The molecule has 0 bridgehead atoms. The van der Waals surface area contributed by atoms with Gasteiger partial charge in [-0.2, -0.15) is 5.26 Å². The number of carbonyl (C=O) groups is 1. The number of nitrogens with one attached hydrogen (secondary N) is 1. The van der Waals surface area contributed by atoms with E-state index in [2.05, 4.69) is 23.2 Å². The molecule has 0 aromatic rings. The molecule has 102 valence electrons. The third kappa shape index (κ3) is 4.66. The van der Waals surface area contributed by atoms with Crippen molar-refractivity contribution in [1.82, 2.24) is 10.2 Å². The molecular formula is C14H25N3O. The normalized spacial score (nSPS) is 19.2. The SMILES string of the molecule is CCCC(C#N)C(=O)NC1CCN(CCC)CC1. The minimum Gasteiger partial charge on any atom is -0.352 e. The molecule has 0 aromatic heterocycles. The van der Waals surface area contributed by atoms with Crippen LogP contribution in [-0.4, -0.2) is 36.5 Å². The summed E-state index contributed by atoms with van der Waals surface area (Å²) in [5, 5.41) is 12.0. The number of piperidine rings is 1. The molecule has 1 aliphatic rings. The van der Waals surface area contributed by atoms with E-state index in [9.17, 15) is 4.79 Å². The highest BCUT2D eigenvalue weighted by Gasteiger charge is 2.23. The highest BCUT2D eigenvalue weighted by molar-refractivity contribution is 5.81. The van der Waals surface area contributed by atoms with E-state index in [1.165, 1.54) is 6.42 Å². The molecular weight excluding hydrogens is 226 g/mol. The quantitative estimate of drug-likeness (QED) is 0.784. The number of nitrogens with zero attached hydrogens (tertiary/aromatic N) is 2. The smallest absolute Gasteiger partial charge is 0.237 e. The van der Waals surface area contributed by atoms with Gasteiger partial charge in [-0.3, -0.25) is 4.79 Å². The van der Waals surface area contributed by atoms with Gasteiger partial charge < -0.3 is 10.2 Å². The maximum absolute atomic E-state index is 11.9. The second kappa shape index (κ2) is 8.10. The van der Waals surface area contributed by atoms with Crippen molar-refractivity contribution in [2.45, 2.75) is 52.0 Å². The lowest BCUT2D eigenvalue weighted by Gasteiger charge is -2.32. The molecule has 0 aliphatic carbocycles. The third-order valence-corrected chi connectivity index (χ3v) is 3.52. The monoisotopic (exact) mass is 251 g/mol. The average molecular weight is 251 g/mol. The Morgan fingerprint density at radius 1 is 1.39 bits per heavy atom. The third-order valence-electron chi connectivity index (χ3n) is 3.52. The molecule has 4 nitrogen and oxygen atoms in total. The van der Waals surface area contributed by atoms with Gasteiger partial charge in [0.05, 0.1) is 6.07 Å². The lowest BCUT2D eigenvalue weighted by atomic mass is 10.0. The van der Waals surface area contributed by atoms with Crippen LogP contribution in [0.15, 0.2) is 0 Å². The van der Waals surface area contributed by atoms with Gasteiger partial charge in [-0.25, -0.2) is 0 Å². The molecule has 4 heteroatoms. The molecule has 1 fully saturated rings. The van der Waals surface area contributed by atoms with Crippen molar-refractivity contribution in [3.8, 4) is 6.07 Å². The van der Waals surface area contributed by atoms with Crippen molar-refractivity contribution in [3.63, 3.8) is 0 Å². The van der Waals surface area contributed by atoms with Gasteiger partial charge in [0.1, 0.15) is 5.92 Å². The molecule has 1 unspecified atom stereocenters. The van der Waals surface area contributed by atoms with E-state index in [4.69, 9.17) is 5.26 Å². The first kappa shape index (κ1) is 15.0. The van der Waals surface area contributed by atoms with Gasteiger partial charge in [0.2, 0.25) is 5.91 Å². The van der Waals surface area contributed by atoms with E-state index in [0.29, 0.717) is 6.42 Å². The van der Waals surface area contributed by atoms with Crippen molar-refractivity contribution in [2.75, 3.05) is 19.6 Å². The summed E-state index contributed by atoms with van der Waals surface area (Å²) in [5.74, 6) is -0.544. The van der Waals surface area contributed by atoms with Crippen LogP contribution < -0.4 is 5.32 Å². The zero-order chi connectivity index (χ0) is 13.4. The number of rotatable bonds is 6. The van der Waals surface area contributed by atoms with E-state index in [-0.39, 0.29) is 11.9 Å². The molecule has 0 saturated carbocycles. The lowest BCUT2D eigenvalue weighted by Crippen LogP contribution is -2.46. The molecule has 1 atom stereocenters. The van der Waals surface area contributed by atoms with Crippen LogP contribution in [0.25, 0.3) is 0 Å². The Hall–Kier alpha value is -1.08. The van der Waals surface area contributed by atoms with Crippen LogP contribution in [-0.2, 0) is 4.79 Å². The highest BCUT2D eigenvalue weighted by Crippen LogP contribution is 2.12. The zero-order valence-corrected chi connectivity index (χ0v) is 11.6. The molecule has 0 radical (unpaired) electrons. The molecule has 1 aliphatic heterocycles. The van der Waals surface area contributed by atoms with Gasteiger partial charge >= 0.3 is 0 Å². The van der Waals surface area contributed by atoms with Crippen molar-refractivity contribution >= 4 is 5.91 Å². The van der Waals surface area contributed by atoms with Crippen molar-refractivity contribution in [1.29, 1.82) is 5.26 Å². The second-order valence-electron chi connectivity index (χ2n) is 5.09. The van der Waals surface area contributed by atoms with Gasteiger partial charge in [-0.05, 0) is 32.2 Å². The molecule has 1 saturated heterocycles. The Labute approximate surface area is 110 Å². The molecule has 0 aromatic carbocycles. The minimum absolute atomic E-state index is 0.0757. The number of likely N-dealkylation sites (tertiary alicyclic amines) is 1. The standard InChI is InChI=1S/C14H25N3O/c1-3-5-12(11-15)14(18)16-13-6-9-17(8-4-2)10-7-13/h12-13H,3-10H2,1-2H3,(H,16,18). The van der Waals surface area contributed by atoms with E-state index in [1.54, 1.807) is 0 Å². The summed E-state index contributed by atoms with van der Waals surface area (Å²) in [6.45, 7) is 7.46. The van der Waals surface area contributed by atoms with Crippen LogP contribution in [0.4, 0.5) is 0 Å². The Kier molecular flexibility index (Phi) is 6.74. The topological polar surface area (TPSA) is 56.1 Å². The summed E-state index contributed by atoms with van der Waals surface area (Å²) < 4.78 is 0. The molecule has 1 rings (SSSR count). The fourth-order valence-corrected chi connectivity index (χ4v) is 2.46. The molecule has 1 heterocycles. The summed E-state index contributed by atoms with van der Waals surface area (Å²) in [5.41, 5.74) is 0. The van der Waals surface area contributed by atoms with Gasteiger partial charge in [-0.1, -0.05) is 20.3 Å². The second-order valence-corrected chi connectivity index (χ2v) is 5.09. The van der Waals surface area contributed by atoms with Crippen molar-refractivity contribution in [2.24, 2.45) is 5.92 Å². The predicted molar refractivity (Wildman–Crippen MR) is 71.9 cm³/mol. The summed E-state index contributed by atoms with van der Waals surface area (Å²) in [7, 11) is 0. The van der Waals surface area contributed by atoms with Gasteiger partial charge in [-0.15, -0.1) is 0 Å². The summed E-state index contributed by atoms with van der Waals surface area (Å²) in [6.07, 6.45) is 4.74. The van der Waals surface area contributed by atoms with Crippen molar-refractivity contribution in [3.05, 3.63) is 0 Å². The maximum Gasteiger partial charge on any atom is 0.237 e. The van der Waals surface area contributed by atoms with Crippen LogP contribution in [0, 0.1) is 17.2 Å². The van der Waals surface area contributed by atoms with E-state index in [0.717, 1.165) is 38.9 Å². The first-order chi connectivity index (χ1) is 8.71. The maximum atomic E-state index is 11.9. The van der Waals surface area contributed by atoms with Crippen LogP contribution in [0.1, 0.15) is 46.0 Å². The zero-order valence-electron chi connectivity index (χ0n) is 11.6. The Bertz CT molecular complexity index is 290. The van der Waals surface area contributed by atoms with Gasteiger partial charge in [0, 0.05) is 19.1 Å². The van der Waals surface area contributed by atoms with Crippen LogP contribution >= 0.6 is 0 Å². The minimum atomic E-state index is -0.469. The summed E-state index contributed by atoms with van der Waals surface area (Å²) in [6, 6.07) is 2.36. The first-order valence-corrected chi connectivity index (χ1v) is 7.13. The molecule has 1 N–H and O–H groups in total. The fourth-order valence-electron chi connectivity index (χ4n) is 2.46. The summed E-state index contributed by atoms with van der Waals surface area (Å²) in [4.78, 5) is 14.3. The molecule has 1 amide bonds. The number of hydrogen-bond donors (Lipinski definition) is 1. The van der Waals surface area contributed by atoms with E-state index >= 15 is 0 Å². The fraction of sp³-hybridized carbons (Fsp3) is 0.857. The number of nitriles is 1. The van der Waals surface area contributed by atoms with E-state index < -0.39 is 5.92 Å². The summed E-state index contributed by atoms with van der Waals surface area (Å²) >= 11 is 0. The largest absolute Gasteiger partial charge is 0.352 e. The number of amides is 1. The lowest BCUT2D eigenvalue weighted by molar-refractivity contribution is -0.124. The Morgan fingerprint density at radius 2 is 2.06 bits per heavy atom. The average Bonchev–Trinajstić information content (AvgIpc) is 2.38. The number of carbonyl (C=O) groups excluding carboxylic acids is 1. The Balaban J connectivity index is 2.32. The molecule has 0 spiro atoms. The van der Waals surface area contributed by atoms with Gasteiger partial charge in [0.15, 0.2) is 0 Å². The van der Waals surface area contributed by atoms with Crippen LogP contribution in [0.5, 0.6) is 0 Å². The van der Waals surface area contributed by atoms with Crippen molar-refractivity contribution < 1.29 is 4.79 Å². The van der Waals surface area contributed by atoms with E-state index in [1.807, 2.05) is 6.92 Å². The molecule has 18 heavy (non-hydrogen) atoms. The number of hydrogen-bond acceptors (Lipinski definition) is 3. The Morgan fingerprint density at radius 3 is 2.56 bits per heavy atom.